The van der Waals surface area contributed by atoms with E-state index in [0.29, 0.717) is 17.4 Å². The van der Waals surface area contributed by atoms with Crippen LogP contribution in [0.1, 0.15) is 10.5 Å². The highest BCUT2D eigenvalue weighted by atomic mass is 127. The summed E-state index contributed by atoms with van der Waals surface area (Å²) in [7, 11) is 0. The second-order valence-electron chi connectivity index (χ2n) is 4.50. The van der Waals surface area contributed by atoms with Crippen LogP contribution in [0.4, 0.5) is 0 Å². The van der Waals surface area contributed by atoms with Crippen LogP contribution in [-0.2, 0) is 0 Å². The molecule has 2 aromatic heterocycles. The Bertz CT molecular complexity index is 865. The van der Waals surface area contributed by atoms with E-state index in [0.717, 1.165) is 5.57 Å². The van der Waals surface area contributed by atoms with Crippen LogP contribution in [0.25, 0.3) is 10.9 Å². The molecule has 1 aliphatic heterocycles. The number of carbonyl (C=O) groups excluding carboxylic acids is 1. The quantitative estimate of drug-likeness (QED) is 0.770. The molecule has 0 fully saturated rings. The van der Waals surface area contributed by atoms with Crippen LogP contribution in [0.3, 0.4) is 0 Å². The molecule has 110 valence electrons. The standard InChI is InChI=1S/C16H12IN3O2/c21-15-13-12(4-2-8-18-13)10-19-14(15)16(22)20-9-11-3-1-6-17-7-5-11/h1-5,7-8,10,21H,9H2,(H,20,22). The van der Waals surface area contributed by atoms with Gasteiger partial charge in [0, 0.05) is 24.3 Å². The number of allylic oxidation sites excluding steroid dienone is 2. The summed E-state index contributed by atoms with van der Waals surface area (Å²) in [5.41, 5.74) is 1.34. The second kappa shape index (κ2) is 6.64. The molecule has 22 heavy (non-hydrogen) atoms. The highest BCUT2D eigenvalue weighted by Gasteiger charge is 2.16. The van der Waals surface area contributed by atoms with Gasteiger partial charge in [-0.3, -0.25) is 9.78 Å². The number of nitrogens with zero attached hydrogens (tertiary/aromatic N) is 2. The van der Waals surface area contributed by atoms with Crippen molar-refractivity contribution in [2.45, 2.75) is 0 Å². The molecule has 0 saturated carbocycles. The molecule has 0 aromatic carbocycles. The first-order valence-corrected chi connectivity index (χ1v) is 8.86. The van der Waals surface area contributed by atoms with Crippen molar-refractivity contribution in [3.8, 4) is 5.75 Å². The number of carbonyl (C=O) groups is 1. The average Bonchev–Trinajstić information content (AvgIpc) is 2.82. The number of rotatable bonds is 3. The Labute approximate surface area is 136 Å². The van der Waals surface area contributed by atoms with Crippen LogP contribution >= 0.6 is 20.7 Å². The van der Waals surface area contributed by atoms with Gasteiger partial charge in [-0.2, -0.15) is 0 Å². The van der Waals surface area contributed by atoms with Crippen molar-refractivity contribution in [3.63, 3.8) is 0 Å². The van der Waals surface area contributed by atoms with Crippen LogP contribution in [0.5, 0.6) is 5.75 Å². The molecule has 0 bridgehead atoms. The number of halogens is 1. The van der Waals surface area contributed by atoms with Crippen LogP contribution in [0.2, 0.25) is 0 Å². The van der Waals surface area contributed by atoms with E-state index in [9.17, 15) is 9.90 Å². The molecule has 6 heteroatoms. The summed E-state index contributed by atoms with van der Waals surface area (Å²) in [6.45, 7) is 0.374. The fourth-order valence-corrected chi connectivity index (χ4v) is 3.19. The Hall–Kier alpha value is -2.31. The molecule has 1 amide bonds. The van der Waals surface area contributed by atoms with Gasteiger partial charge in [0.05, 0.1) is 0 Å². The van der Waals surface area contributed by atoms with Gasteiger partial charge in [0.1, 0.15) is 5.52 Å². The molecular formula is C16H12IN3O2. The summed E-state index contributed by atoms with van der Waals surface area (Å²) in [5, 5.41) is 13.6. The first-order chi connectivity index (χ1) is 10.8. The third kappa shape index (κ3) is 3.13. The maximum Gasteiger partial charge on any atom is 0.274 e. The number of amides is 1. The van der Waals surface area contributed by atoms with Gasteiger partial charge in [-0.1, -0.05) is 9.74 Å². The van der Waals surface area contributed by atoms with Gasteiger partial charge in [0.25, 0.3) is 5.91 Å². The Morgan fingerprint density at radius 1 is 1.41 bits per heavy atom. The monoisotopic (exact) mass is 405 g/mol. The Morgan fingerprint density at radius 2 is 2.32 bits per heavy atom. The molecule has 0 atom stereocenters. The van der Waals surface area contributed by atoms with E-state index in [1.54, 1.807) is 18.3 Å². The Balaban J connectivity index is 1.79. The molecule has 0 radical (unpaired) electrons. The zero-order valence-corrected chi connectivity index (χ0v) is 13.6. The molecule has 0 aliphatic carbocycles. The number of pyridine rings is 2. The molecule has 2 N–H and O–H groups in total. The predicted octanol–water partition coefficient (Wildman–Crippen LogP) is 2.45. The molecule has 0 saturated heterocycles. The largest absolute Gasteiger partial charge is 0.504 e. The van der Waals surface area contributed by atoms with E-state index in [1.165, 1.54) is 6.20 Å². The minimum Gasteiger partial charge on any atom is -0.504 e. The third-order valence-corrected chi connectivity index (χ3v) is 4.49. The van der Waals surface area contributed by atoms with Crippen molar-refractivity contribution in [2.75, 3.05) is 6.54 Å². The maximum atomic E-state index is 12.2. The van der Waals surface area contributed by atoms with Crippen molar-refractivity contribution in [3.05, 3.63) is 58.1 Å². The molecule has 2 aromatic rings. The van der Waals surface area contributed by atoms with E-state index in [1.807, 2.05) is 18.2 Å². The lowest BCUT2D eigenvalue weighted by Crippen LogP contribution is -2.26. The van der Waals surface area contributed by atoms with Crippen molar-refractivity contribution in [1.82, 2.24) is 15.3 Å². The molecule has 5 nitrogen and oxygen atoms in total. The predicted molar refractivity (Wildman–Crippen MR) is 94.4 cm³/mol. The van der Waals surface area contributed by atoms with Crippen LogP contribution in [0, 0.1) is 0 Å². The average molecular weight is 405 g/mol. The normalized spacial score (nSPS) is 13.4. The lowest BCUT2D eigenvalue weighted by molar-refractivity contribution is 0.0949. The van der Waals surface area contributed by atoms with Crippen molar-refractivity contribution < 1.29 is 9.90 Å². The van der Waals surface area contributed by atoms with Gasteiger partial charge in [-0.15, -0.1) is 0 Å². The summed E-state index contributed by atoms with van der Waals surface area (Å²) in [6.07, 6.45) is 8.88. The number of aromatic nitrogens is 2. The first-order valence-electron chi connectivity index (χ1n) is 6.53. The van der Waals surface area contributed by atoms with Gasteiger partial charge in [0.2, 0.25) is 0 Å². The minimum atomic E-state index is -0.425. The number of nitrogens with one attached hydrogen (secondary N) is 1. The van der Waals surface area contributed by atoms with Crippen LogP contribution in [0.15, 0.2) is 52.4 Å². The molecule has 0 spiro atoms. The zero-order valence-electron chi connectivity index (χ0n) is 11.5. The second-order valence-corrected chi connectivity index (χ2v) is 6.46. The lowest BCUT2D eigenvalue weighted by atomic mass is 10.2. The van der Waals surface area contributed by atoms with Crippen molar-refractivity contribution >= 4 is 41.2 Å². The Kier molecular flexibility index (Phi) is 4.41. The van der Waals surface area contributed by atoms with Crippen molar-refractivity contribution in [1.29, 1.82) is 0 Å². The molecular weight excluding hydrogens is 393 g/mol. The maximum absolute atomic E-state index is 12.2. The summed E-state index contributed by atoms with van der Waals surface area (Å²) in [6, 6.07) is 3.53. The molecule has 3 heterocycles. The lowest BCUT2D eigenvalue weighted by Gasteiger charge is -2.08. The summed E-state index contributed by atoms with van der Waals surface area (Å²) >= 11 is -0.149. The fourth-order valence-electron chi connectivity index (χ4n) is 1.96. The SMILES string of the molecule is O=C(NCC1=CC=C=IC=C1)c1ncc2cccnc2c1O. The van der Waals surface area contributed by atoms with Gasteiger partial charge >= 0.3 is 0 Å². The summed E-state index contributed by atoms with van der Waals surface area (Å²) in [4.78, 5) is 20.3. The third-order valence-electron chi connectivity index (χ3n) is 3.05. The van der Waals surface area contributed by atoms with E-state index in [4.69, 9.17) is 0 Å². The van der Waals surface area contributed by atoms with Gasteiger partial charge in [-0.25, -0.2) is 4.98 Å². The van der Waals surface area contributed by atoms with E-state index < -0.39 is 5.91 Å². The smallest absolute Gasteiger partial charge is 0.274 e. The summed E-state index contributed by atoms with van der Waals surface area (Å²) in [5.74, 6) is -0.619. The van der Waals surface area contributed by atoms with Gasteiger partial charge in [0.15, 0.2) is 11.4 Å². The van der Waals surface area contributed by atoms with Crippen LogP contribution < -0.4 is 5.32 Å². The highest BCUT2D eigenvalue weighted by molar-refractivity contribution is 14.2. The number of hydrogen-bond acceptors (Lipinski definition) is 4. The Morgan fingerprint density at radius 3 is 3.23 bits per heavy atom. The van der Waals surface area contributed by atoms with Crippen molar-refractivity contribution in [2.24, 2.45) is 0 Å². The van der Waals surface area contributed by atoms with Crippen LogP contribution in [-0.4, -0.2) is 31.2 Å². The zero-order chi connectivity index (χ0) is 15.4. The van der Waals surface area contributed by atoms with Gasteiger partial charge in [-0.05, 0) is 54.7 Å². The number of hydrogen-bond donors (Lipinski definition) is 2. The van der Waals surface area contributed by atoms with E-state index >= 15 is 0 Å². The molecule has 3 rings (SSSR count). The molecule has 0 unspecified atom stereocenters. The van der Waals surface area contributed by atoms with E-state index in [-0.39, 0.29) is 32.2 Å². The molecule has 1 aliphatic rings. The van der Waals surface area contributed by atoms with E-state index in [2.05, 4.69) is 23.0 Å². The number of aromatic hydroxyl groups is 1. The first kappa shape index (κ1) is 14.6. The van der Waals surface area contributed by atoms with Gasteiger partial charge < -0.3 is 10.4 Å². The fraction of sp³-hybridized carbons (Fsp3) is 0.0625. The number of fused-ring (bicyclic) bond motifs is 1. The minimum absolute atomic E-state index is 0.0149. The highest BCUT2D eigenvalue weighted by Crippen LogP contribution is 2.24. The summed E-state index contributed by atoms with van der Waals surface area (Å²) < 4.78 is 5.25. The topological polar surface area (TPSA) is 75.1 Å².